The number of aliphatic carboxylic acids is 4. The van der Waals surface area contributed by atoms with E-state index in [-0.39, 0.29) is 12.7 Å². The van der Waals surface area contributed by atoms with Crippen LogP contribution in [0.1, 0.15) is 24.8 Å². The number of hydrogen-bond donors (Lipinski definition) is 8. The first-order chi connectivity index (χ1) is 16.7. The molecule has 0 unspecified atom stereocenters. The van der Waals surface area contributed by atoms with Gasteiger partial charge in [0.15, 0.2) is 6.29 Å². The molecule has 202 valence electrons. The smallest absolute Gasteiger partial charge is 0.314 e. The Kier molecular flexibility index (Phi) is 18.4. The summed E-state index contributed by atoms with van der Waals surface area (Å²) in [5.41, 5.74) is 0.843. The lowest BCUT2D eigenvalue weighted by Crippen LogP contribution is -2.46. The Morgan fingerprint density at radius 3 is 1.67 bits per heavy atom. The van der Waals surface area contributed by atoms with Crippen LogP contribution in [0.2, 0.25) is 0 Å². The summed E-state index contributed by atoms with van der Waals surface area (Å²) in [5, 5.41) is 68.8. The highest BCUT2D eigenvalue weighted by Gasteiger charge is 2.30. The molecule has 36 heavy (non-hydrogen) atoms. The first-order valence-electron chi connectivity index (χ1n) is 9.95. The van der Waals surface area contributed by atoms with Crippen molar-refractivity contribution in [2.45, 2.75) is 50.1 Å². The lowest BCUT2D eigenvalue weighted by atomic mass is 10.0. The lowest BCUT2D eigenvalue weighted by Gasteiger charge is -2.23. The number of carbonyl (C=O) groups excluding carboxylic acids is 2. The third kappa shape index (κ3) is 19.5. The van der Waals surface area contributed by atoms with Crippen LogP contribution in [0.4, 0.5) is 0 Å². The van der Waals surface area contributed by atoms with E-state index in [4.69, 9.17) is 25.5 Å². The molecule has 4 atom stereocenters. The second-order valence-electron chi connectivity index (χ2n) is 6.77. The van der Waals surface area contributed by atoms with Crippen LogP contribution in [0.5, 0.6) is 0 Å². The van der Waals surface area contributed by atoms with E-state index in [1.807, 2.05) is 18.2 Å². The molecule has 0 aliphatic rings. The zero-order chi connectivity index (χ0) is 28.3. The molecule has 0 saturated heterocycles. The topological polar surface area (TPSA) is 273 Å². The summed E-state index contributed by atoms with van der Waals surface area (Å²) in [6.07, 6.45) is -8.99. The van der Waals surface area contributed by atoms with Crippen molar-refractivity contribution in [2.75, 3.05) is 6.61 Å². The normalized spacial score (nSPS) is 13.1. The van der Waals surface area contributed by atoms with Gasteiger partial charge in [0.05, 0.1) is 19.3 Å². The predicted molar refractivity (Wildman–Crippen MR) is 116 cm³/mol. The van der Waals surface area contributed by atoms with Gasteiger partial charge in [-0.1, -0.05) is 30.3 Å². The average Bonchev–Trinajstić information content (AvgIpc) is 2.79. The molecule has 8 N–H and O–H groups in total. The molecule has 0 saturated carbocycles. The minimum atomic E-state index is -1.93. The molecular weight excluding hydrogens is 492 g/mol. The summed E-state index contributed by atoms with van der Waals surface area (Å²) in [7, 11) is 0. The Labute approximate surface area is 203 Å². The van der Waals surface area contributed by atoms with Crippen LogP contribution in [0.25, 0.3) is 0 Å². The number of carboxylic acid groups (broad SMARTS) is 4. The van der Waals surface area contributed by atoms with Crippen LogP contribution in [0.15, 0.2) is 30.3 Å². The first-order valence-corrected chi connectivity index (χ1v) is 9.95. The van der Waals surface area contributed by atoms with Crippen molar-refractivity contribution in [1.82, 2.24) is 0 Å². The molecule has 1 aromatic rings. The van der Waals surface area contributed by atoms with Gasteiger partial charge in [0.2, 0.25) is 0 Å². The molecule has 0 aromatic heterocycles. The Morgan fingerprint density at radius 2 is 1.28 bits per heavy atom. The molecule has 0 aliphatic heterocycles. The second-order valence-corrected chi connectivity index (χ2v) is 6.77. The largest absolute Gasteiger partial charge is 0.481 e. The van der Waals surface area contributed by atoms with E-state index >= 15 is 0 Å². The minimum absolute atomic E-state index is 0.0283. The summed E-state index contributed by atoms with van der Waals surface area (Å²) < 4.78 is 4.45. The van der Waals surface area contributed by atoms with Gasteiger partial charge in [-0.05, 0) is 5.56 Å². The number of aldehydes is 1. The SMILES string of the molecule is O=C(O)CC(=O)O.O=C(O)Cc1ccccc1.O=C[C@H](O)[C@@H](O)[C@@H](O)[C@H](O)COC(=O)CCC(=O)O. The molecule has 0 amide bonds. The Bertz CT molecular complexity index is 827. The molecule has 0 aliphatic carbocycles. The first kappa shape index (κ1) is 34.2. The van der Waals surface area contributed by atoms with Crippen molar-refractivity contribution < 1.29 is 74.4 Å². The summed E-state index contributed by atoms with van der Waals surface area (Å²) in [6, 6.07) is 9.13. The third-order valence-corrected chi connectivity index (χ3v) is 3.69. The number of ether oxygens (including phenoxy) is 1. The summed E-state index contributed by atoms with van der Waals surface area (Å²) >= 11 is 0. The maximum atomic E-state index is 11.0. The number of rotatable bonds is 13. The number of carbonyl (C=O) groups is 6. The van der Waals surface area contributed by atoms with Crippen molar-refractivity contribution in [2.24, 2.45) is 0 Å². The van der Waals surface area contributed by atoms with E-state index in [1.54, 1.807) is 12.1 Å². The summed E-state index contributed by atoms with van der Waals surface area (Å²) in [4.78, 5) is 60.3. The van der Waals surface area contributed by atoms with E-state index < -0.39 is 80.1 Å². The van der Waals surface area contributed by atoms with Gasteiger partial charge in [-0.2, -0.15) is 0 Å². The fourth-order valence-corrected chi connectivity index (χ4v) is 1.97. The molecule has 0 spiro atoms. The van der Waals surface area contributed by atoms with Gasteiger partial charge >= 0.3 is 29.8 Å². The second kappa shape index (κ2) is 19.4. The van der Waals surface area contributed by atoms with Gasteiger partial charge in [0.25, 0.3) is 0 Å². The maximum Gasteiger partial charge on any atom is 0.314 e. The standard InChI is InChI=1S/C10H16O9.C8H8O2.C3H4O4/c11-3-5(12)9(17)10(18)6(13)4-19-8(16)2-1-7(14)15;9-8(10)6-7-4-2-1-3-5-7;4-2(5)1-3(6)7/h3,5-6,9-10,12-13,17-18H,1-2,4H2,(H,14,15);1-5H,6H2,(H,9,10);1H2,(H,4,5)(H,6,7)/t5-,6+,9+,10-;;/m0../s1. The zero-order valence-electron chi connectivity index (χ0n) is 18.7. The monoisotopic (exact) mass is 520 g/mol. The van der Waals surface area contributed by atoms with Crippen molar-refractivity contribution >= 4 is 36.1 Å². The average molecular weight is 520 g/mol. The van der Waals surface area contributed by atoms with Gasteiger partial charge in [-0.3, -0.25) is 24.0 Å². The highest BCUT2D eigenvalue weighted by molar-refractivity contribution is 5.88. The van der Waals surface area contributed by atoms with Crippen LogP contribution < -0.4 is 0 Å². The van der Waals surface area contributed by atoms with Crippen LogP contribution in [0, 0.1) is 0 Å². The number of aliphatic hydroxyl groups is 4. The fraction of sp³-hybridized carbons (Fsp3) is 0.429. The molecular formula is C21H28O15. The molecule has 0 fully saturated rings. The van der Waals surface area contributed by atoms with Crippen molar-refractivity contribution in [1.29, 1.82) is 0 Å². The van der Waals surface area contributed by atoms with Crippen molar-refractivity contribution in [3.05, 3.63) is 35.9 Å². The third-order valence-electron chi connectivity index (χ3n) is 3.69. The lowest BCUT2D eigenvalue weighted by molar-refractivity contribution is -0.157. The predicted octanol–water partition coefficient (Wildman–Crippen LogP) is -2.10. The van der Waals surface area contributed by atoms with Gasteiger partial charge in [-0.25, -0.2) is 0 Å². The van der Waals surface area contributed by atoms with Crippen LogP contribution in [-0.2, 0) is 39.9 Å². The fourth-order valence-electron chi connectivity index (χ4n) is 1.97. The molecule has 0 bridgehead atoms. The molecule has 15 heteroatoms. The van der Waals surface area contributed by atoms with Crippen LogP contribution in [-0.4, -0.2) is 108 Å². The molecule has 15 nitrogen and oxygen atoms in total. The number of hydrogen-bond acceptors (Lipinski definition) is 11. The van der Waals surface area contributed by atoms with E-state index in [0.717, 1.165) is 5.56 Å². The summed E-state index contributed by atoms with van der Waals surface area (Å²) in [5.74, 6) is -5.51. The zero-order valence-corrected chi connectivity index (χ0v) is 18.7. The molecule has 1 rings (SSSR count). The molecule has 0 radical (unpaired) electrons. The van der Waals surface area contributed by atoms with Crippen molar-refractivity contribution in [3.63, 3.8) is 0 Å². The minimum Gasteiger partial charge on any atom is -0.481 e. The number of carboxylic acids is 4. The Morgan fingerprint density at radius 1 is 0.750 bits per heavy atom. The van der Waals surface area contributed by atoms with E-state index in [0.29, 0.717) is 0 Å². The van der Waals surface area contributed by atoms with Crippen molar-refractivity contribution in [3.8, 4) is 0 Å². The van der Waals surface area contributed by atoms with Crippen LogP contribution >= 0.6 is 0 Å². The van der Waals surface area contributed by atoms with Gasteiger partial charge in [0, 0.05) is 0 Å². The number of aliphatic hydroxyl groups excluding tert-OH is 4. The van der Waals surface area contributed by atoms with E-state index in [2.05, 4.69) is 4.74 Å². The Balaban J connectivity index is 0. The molecule has 0 heterocycles. The van der Waals surface area contributed by atoms with Gasteiger partial charge in [-0.15, -0.1) is 0 Å². The Hall–Kier alpha value is -3.92. The molecule has 1 aromatic carbocycles. The maximum absolute atomic E-state index is 11.0. The summed E-state index contributed by atoms with van der Waals surface area (Å²) in [6.45, 7) is -0.706. The van der Waals surface area contributed by atoms with E-state index in [1.165, 1.54) is 0 Å². The highest BCUT2D eigenvalue weighted by Crippen LogP contribution is 2.05. The number of benzene rings is 1. The highest BCUT2D eigenvalue weighted by atomic mass is 16.5. The van der Waals surface area contributed by atoms with Gasteiger partial charge < -0.3 is 50.4 Å². The quantitative estimate of drug-likeness (QED) is 0.0785. The van der Waals surface area contributed by atoms with E-state index in [9.17, 15) is 44.1 Å². The number of esters is 1. The van der Waals surface area contributed by atoms with Gasteiger partial charge in [0.1, 0.15) is 37.4 Å². The van der Waals surface area contributed by atoms with Crippen LogP contribution in [0.3, 0.4) is 0 Å².